The van der Waals surface area contributed by atoms with E-state index >= 15 is 0 Å². The lowest BCUT2D eigenvalue weighted by molar-refractivity contribution is 0.360. The van der Waals surface area contributed by atoms with Crippen LogP contribution < -0.4 is 10.5 Å². The topological polar surface area (TPSA) is 110 Å². The molecule has 0 unspecified atom stereocenters. The molecule has 0 saturated carbocycles. The van der Waals surface area contributed by atoms with Crippen LogP contribution >= 0.6 is 0 Å². The maximum atomic E-state index is 12.7. The van der Waals surface area contributed by atoms with Crippen molar-refractivity contribution >= 4 is 20.0 Å². The highest BCUT2D eigenvalue weighted by Crippen LogP contribution is 2.16. The smallest absolute Gasteiger partial charge is 0.243 e. The summed E-state index contributed by atoms with van der Waals surface area (Å²) in [7, 11) is -6.95. The molecule has 0 bridgehead atoms. The van der Waals surface area contributed by atoms with Crippen molar-refractivity contribution in [3.8, 4) is 0 Å². The fourth-order valence-corrected chi connectivity index (χ4v) is 4.23. The van der Waals surface area contributed by atoms with Gasteiger partial charge in [0.15, 0.2) is 0 Å². The summed E-state index contributed by atoms with van der Waals surface area (Å²) in [5, 5.41) is 7.91. The van der Waals surface area contributed by atoms with Crippen LogP contribution in [0.5, 0.6) is 0 Å². The molecule has 0 radical (unpaired) electrons. The minimum absolute atomic E-state index is 0.148. The number of nitrogens with two attached hydrogens (primary N) is 1. The van der Waals surface area contributed by atoms with Gasteiger partial charge >= 0.3 is 0 Å². The number of nitrogens with zero attached hydrogens (tertiary/aromatic N) is 1. The Bertz CT molecular complexity index is 912. The van der Waals surface area contributed by atoms with E-state index in [1.807, 2.05) is 0 Å². The Morgan fingerprint density at radius 2 is 1.38 bits per heavy atom. The predicted octanol–water partition coefficient (Wildman–Crippen LogP) is 0.754. The number of rotatable bonds is 3. The van der Waals surface area contributed by atoms with Crippen LogP contribution in [-0.2, 0) is 20.0 Å². The van der Waals surface area contributed by atoms with Crippen LogP contribution in [0.4, 0.5) is 4.39 Å². The standard InChI is InChI=1S/C10H13FN2O2S.C6H7NO2S/c11-9-1-3-10(4-2-9)16(14,15)13-7-5-12-6-8-13;7-10(8,9)6-4-2-1-3-5-6/h1-4,12H,5-8H2;1-5H,(H2,7,8,9). The van der Waals surface area contributed by atoms with Gasteiger partial charge in [0.1, 0.15) is 5.82 Å². The molecule has 1 saturated heterocycles. The van der Waals surface area contributed by atoms with E-state index in [0.717, 1.165) is 12.1 Å². The van der Waals surface area contributed by atoms with Crippen molar-refractivity contribution < 1.29 is 21.2 Å². The summed E-state index contributed by atoms with van der Waals surface area (Å²) in [6.45, 7) is 2.22. The van der Waals surface area contributed by atoms with E-state index in [-0.39, 0.29) is 9.79 Å². The maximum absolute atomic E-state index is 12.7. The van der Waals surface area contributed by atoms with Crippen molar-refractivity contribution in [3.05, 3.63) is 60.4 Å². The van der Waals surface area contributed by atoms with Gasteiger partial charge in [-0.3, -0.25) is 0 Å². The van der Waals surface area contributed by atoms with Gasteiger partial charge < -0.3 is 5.32 Å². The average molecular weight is 401 g/mol. The summed E-state index contributed by atoms with van der Waals surface area (Å²) in [5.41, 5.74) is 0. The fraction of sp³-hybridized carbons (Fsp3) is 0.250. The second-order valence-electron chi connectivity index (χ2n) is 5.47. The van der Waals surface area contributed by atoms with Gasteiger partial charge in [0.05, 0.1) is 9.79 Å². The summed E-state index contributed by atoms with van der Waals surface area (Å²) >= 11 is 0. The minimum atomic E-state index is -3.50. The molecule has 3 rings (SSSR count). The van der Waals surface area contributed by atoms with Gasteiger partial charge in [-0.25, -0.2) is 26.4 Å². The van der Waals surface area contributed by atoms with E-state index in [9.17, 15) is 21.2 Å². The molecule has 1 aliphatic rings. The predicted molar refractivity (Wildman–Crippen MR) is 95.8 cm³/mol. The molecule has 0 aromatic heterocycles. The van der Waals surface area contributed by atoms with Gasteiger partial charge in [-0.05, 0) is 36.4 Å². The molecule has 0 spiro atoms. The number of hydrogen-bond acceptors (Lipinski definition) is 5. The monoisotopic (exact) mass is 401 g/mol. The van der Waals surface area contributed by atoms with Gasteiger partial charge in [-0.1, -0.05) is 18.2 Å². The van der Waals surface area contributed by atoms with Crippen molar-refractivity contribution in [2.24, 2.45) is 5.14 Å². The second-order valence-corrected chi connectivity index (χ2v) is 8.97. The number of sulfonamides is 2. The second kappa shape index (κ2) is 8.69. The molecular formula is C16H20FN3O4S2. The molecular weight excluding hydrogens is 381 g/mol. The van der Waals surface area contributed by atoms with Crippen molar-refractivity contribution in [1.82, 2.24) is 9.62 Å². The average Bonchev–Trinajstić information content (AvgIpc) is 2.63. The molecule has 0 atom stereocenters. The molecule has 0 amide bonds. The van der Waals surface area contributed by atoms with E-state index in [2.05, 4.69) is 5.32 Å². The zero-order chi connectivity index (χ0) is 19.2. The molecule has 7 nitrogen and oxygen atoms in total. The number of primary sulfonamides is 1. The Balaban J connectivity index is 0.000000209. The molecule has 1 aliphatic heterocycles. The lowest BCUT2D eigenvalue weighted by Gasteiger charge is -2.26. The third kappa shape index (κ3) is 5.58. The fourth-order valence-electron chi connectivity index (χ4n) is 2.25. The lowest BCUT2D eigenvalue weighted by atomic mass is 10.4. The Labute approximate surface area is 152 Å². The normalized spacial score (nSPS) is 15.8. The first-order chi connectivity index (χ1) is 12.2. The van der Waals surface area contributed by atoms with Crippen molar-refractivity contribution in [3.63, 3.8) is 0 Å². The summed E-state index contributed by atoms with van der Waals surface area (Å²) in [4.78, 5) is 0.297. The quantitative estimate of drug-likeness (QED) is 0.789. The third-order valence-electron chi connectivity index (χ3n) is 3.60. The highest BCUT2D eigenvalue weighted by atomic mass is 32.2. The number of halogens is 1. The van der Waals surface area contributed by atoms with Crippen LogP contribution in [0.15, 0.2) is 64.4 Å². The van der Waals surface area contributed by atoms with Gasteiger partial charge in [0, 0.05) is 26.2 Å². The molecule has 26 heavy (non-hydrogen) atoms. The van der Waals surface area contributed by atoms with Crippen molar-refractivity contribution in [2.75, 3.05) is 26.2 Å². The van der Waals surface area contributed by atoms with E-state index < -0.39 is 25.9 Å². The Kier molecular flexibility index (Phi) is 6.84. The molecule has 2 aromatic carbocycles. The summed E-state index contributed by atoms with van der Waals surface area (Å²) < 4.78 is 59.5. The first kappa shape index (κ1) is 20.5. The van der Waals surface area contributed by atoms with Gasteiger partial charge in [-0.2, -0.15) is 4.31 Å². The molecule has 1 fully saturated rings. The molecule has 10 heteroatoms. The number of hydrogen-bond donors (Lipinski definition) is 2. The zero-order valence-electron chi connectivity index (χ0n) is 13.9. The van der Waals surface area contributed by atoms with Crippen LogP contribution in [0.1, 0.15) is 0 Å². The highest BCUT2D eigenvalue weighted by Gasteiger charge is 2.25. The SMILES string of the molecule is NS(=O)(=O)c1ccccc1.O=S(=O)(c1ccc(F)cc1)N1CCNCC1. The third-order valence-corrected chi connectivity index (χ3v) is 6.44. The molecule has 142 valence electrons. The largest absolute Gasteiger partial charge is 0.314 e. The van der Waals surface area contributed by atoms with E-state index in [0.29, 0.717) is 26.2 Å². The highest BCUT2D eigenvalue weighted by molar-refractivity contribution is 7.89. The number of benzene rings is 2. The van der Waals surface area contributed by atoms with Crippen LogP contribution in [0, 0.1) is 5.82 Å². The van der Waals surface area contributed by atoms with E-state index in [4.69, 9.17) is 5.14 Å². The van der Waals surface area contributed by atoms with E-state index in [1.54, 1.807) is 18.2 Å². The van der Waals surface area contributed by atoms with Crippen LogP contribution in [0.25, 0.3) is 0 Å². The summed E-state index contributed by atoms with van der Waals surface area (Å²) in [6.07, 6.45) is 0. The molecule has 0 aliphatic carbocycles. The number of piperazine rings is 1. The van der Waals surface area contributed by atoms with Gasteiger partial charge in [-0.15, -0.1) is 0 Å². The van der Waals surface area contributed by atoms with Crippen LogP contribution in [0.2, 0.25) is 0 Å². The molecule has 1 heterocycles. The molecule has 3 N–H and O–H groups in total. The minimum Gasteiger partial charge on any atom is -0.314 e. The zero-order valence-corrected chi connectivity index (χ0v) is 15.5. The Morgan fingerprint density at radius 3 is 1.85 bits per heavy atom. The summed E-state index contributed by atoms with van der Waals surface area (Å²) in [6, 6.07) is 12.8. The van der Waals surface area contributed by atoms with Crippen molar-refractivity contribution in [2.45, 2.75) is 9.79 Å². The van der Waals surface area contributed by atoms with Gasteiger partial charge in [0.2, 0.25) is 20.0 Å². The Morgan fingerprint density at radius 1 is 0.846 bits per heavy atom. The number of nitrogens with one attached hydrogen (secondary N) is 1. The maximum Gasteiger partial charge on any atom is 0.243 e. The van der Waals surface area contributed by atoms with Crippen LogP contribution in [0.3, 0.4) is 0 Å². The first-order valence-electron chi connectivity index (χ1n) is 7.75. The summed E-state index contributed by atoms with van der Waals surface area (Å²) in [5.74, 6) is -0.431. The molecule has 2 aromatic rings. The van der Waals surface area contributed by atoms with Gasteiger partial charge in [0.25, 0.3) is 0 Å². The van der Waals surface area contributed by atoms with Crippen LogP contribution in [-0.4, -0.2) is 47.3 Å². The lowest BCUT2D eigenvalue weighted by Crippen LogP contribution is -2.46. The van der Waals surface area contributed by atoms with Crippen molar-refractivity contribution in [1.29, 1.82) is 0 Å². The van der Waals surface area contributed by atoms with E-state index in [1.165, 1.54) is 28.6 Å². The Hall–Kier alpha value is -1.85. The first-order valence-corrected chi connectivity index (χ1v) is 10.7.